The molecule has 2 bridgehead atoms. The fourth-order valence-electron chi connectivity index (χ4n) is 4.67. The second-order valence-corrected chi connectivity index (χ2v) is 10.5. The summed E-state index contributed by atoms with van der Waals surface area (Å²) in [5.74, 6) is 1.34. The summed E-state index contributed by atoms with van der Waals surface area (Å²) in [5.41, 5.74) is 0. The van der Waals surface area contributed by atoms with Crippen molar-refractivity contribution in [2.45, 2.75) is 43.0 Å². The van der Waals surface area contributed by atoms with Crippen molar-refractivity contribution < 1.29 is 13.2 Å². The van der Waals surface area contributed by atoms with Crippen LogP contribution in [0.15, 0.2) is 4.99 Å². The van der Waals surface area contributed by atoms with Crippen LogP contribution in [-0.2, 0) is 14.6 Å². The van der Waals surface area contributed by atoms with Crippen molar-refractivity contribution in [3.63, 3.8) is 0 Å². The van der Waals surface area contributed by atoms with Crippen molar-refractivity contribution >= 4 is 44.3 Å². The SMILES string of the molecule is O=C(CCl)N=C1S[C@H]2CS(=O)(=O)C[C@H]2N1[C@H]1C[C@H]2CC[C@H]1C2. The summed E-state index contributed by atoms with van der Waals surface area (Å²) < 4.78 is 24.0. The minimum atomic E-state index is -2.97. The number of hydrogen-bond acceptors (Lipinski definition) is 4. The molecule has 4 aliphatic rings. The van der Waals surface area contributed by atoms with E-state index in [9.17, 15) is 13.2 Å². The fourth-order valence-corrected chi connectivity index (χ4v) is 8.72. The second-order valence-electron chi connectivity index (χ2n) is 6.87. The molecule has 2 heterocycles. The molecule has 0 aromatic heterocycles. The lowest BCUT2D eigenvalue weighted by Gasteiger charge is -2.36. The van der Waals surface area contributed by atoms with Crippen molar-refractivity contribution in [2.24, 2.45) is 16.8 Å². The van der Waals surface area contributed by atoms with E-state index in [0.29, 0.717) is 17.1 Å². The molecule has 4 fully saturated rings. The van der Waals surface area contributed by atoms with Crippen molar-refractivity contribution in [3.05, 3.63) is 0 Å². The maximum Gasteiger partial charge on any atom is 0.262 e. The summed E-state index contributed by atoms with van der Waals surface area (Å²) in [6.07, 6.45) is 4.87. The van der Waals surface area contributed by atoms with Gasteiger partial charge in [0.25, 0.3) is 5.91 Å². The molecule has 1 amide bonds. The normalized spacial score (nSPS) is 44.0. The van der Waals surface area contributed by atoms with Gasteiger partial charge in [-0.3, -0.25) is 4.79 Å². The van der Waals surface area contributed by atoms with Crippen LogP contribution in [0.2, 0.25) is 0 Å². The smallest absolute Gasteiger partial charge is 0.262 e. The first kappa shape index (κ1) is 15.3. The van der Waals surface area contributed by atoms with E-state index in [0.717, 1.165) is 12.3 Å². The molecule has 2 aliphatic heterocycles. The average Bonchev–Trinajstić information content (AvgIpc) is 3.17. The summed E-state index contributed by atoms with van der Waals surface area (Å²) >= 11 is 7.05. The first-order valence-corrected chi connectivity index (χ1v) is 11.0. The third-order valence-corrected chi connectivity index (χ3v) is 8.95. The van der Waals surface area contributed by atoms with Crippen LogP contribution in [0, 0.1) is 11.8 Å². The molecule has 5 atom stereocenters. The number of halogens is 1. The number of thioether (sulfide) groups is 1. The third kappa shape index (κ3) is 2.49. The Kier molecular flexibility index (Phi) is 3.73. The molecule has 0 spiro atoms. The summed E-state index contributed by atoms with van der Waals surface area (Å²) in [6, 6.07) is 0.345. The molecule has 2 saturated carbocycles. The Morgan fingerprint density at radius 3 is 2.73 bits per heavy atom. The van der Waals surface area contributed by atoms with Gasteiger partial charge in [0.05, 0.1) is 17.5 Å². The van der Waals surface area contributed by atoms with Gasteiger partial charge in [-0.05, 0) is 31.1 Å². The number of nitrogens with zero attached hydrogens (tertiary/aromatic N) is 2. The highest BCUT2D eigenvalue weighted by Crippen LogP contribution is 2.51. The minimum Gasteiger partial charge on any atom is -0.343 e. The zero-order chi connectivity index (χ0) is 15.5. The van der Waals surface area contributed by atoms with Crippen LogP contribution in [0.5, 0.6) is 0 Å². The maximum absolute atomic E-state index is 12.0. The van der Waals surface area contributed by atoms with Gasteiger partial charge in [-0.25, -0.2) is 8.42 Å². The van der Waals surface area contributed by atoms with Crippen molar-refractivity contribution in [1.82, 2.24) is 4.90 Å². The number of rotatable bonds is 2. The van der Waals surface area contributed by atoms with Crippen molar-refractivity contribution in [2.75, 3.05) is 17.4 Å². The Morgan fingerprint density at radius 1 is 1.27 bits per heavy atom. The molecular formula is C14H19ClN2O3S2. The number of aliphatic imine (C=N–C) groups is 1. The first-order valence-electron chi connectivity index (χ1n) is 7.80. The van der Waals surface area contributed by atoms with Crippen LogP contribution < -0.4 is 0 Å². The summed E-state index contributed by atoms with van der Waals surface area (Å²) in [4.78, 5) is 18.0. The molecule has 0 radical (unpaired) electrons. The summed E-state index contributed by atoms with van der Waals surface area (Å²) in [5, 5.41) is 0.735. The van der Waals surface area contributed by atoms with Crippen LogP contribution in [0.3, 0.4) is 0 Å². The Hall–Kier alpha value is -0.270. The molecule has 2 saturated heterocycles. The van der Waals surface area contributed by atoms with Crippen LogP contribution in [0.1, 0.15) is 25.7 Å². The van der Waals surface area contributed by atoms with E-state index in [1.807, 2.05) is 0 Å². The van der Waals surface area contributed by atoms with E-state index in [2.05, 4.69) is 9.89 Å². The highest BCUT2D eigenvalue weighted by Gasteiger charge is 2.54. The second kappa shape index (κ2) is 5.38. The molecule has 8 heteroatoms. The lowest BCUT2D eigenvalue weighted by atomic mass is 9.93. The Labute approximate surface area is 139 Å². The molecule has 0 aromatic carbocycles. The van der Waals surface area contributed by atoms with E-state index in [1.165, 1.54) is 31.0 Å². The van der Waals surface area contributed by atoms with Gasteiger partial charge in [0.2, 0.25) is 0 Å². The molecule has 122 valence electrons. The Bertz CT molecular complexity index is 636. The molecular weight excluding hydrogens is 344 g/mol. The van der Waals surface area contributed by atoms with Gasteiger partial charge in [0.15, 0.2) is 15.0 Å². The highest BCUT2D eigenvalue weighted by atomic mass is 35.5. The van der Waals surface area contributed by atoms with Gasteiger partial charge in [-0.15, -0.1) is 11.6 Å². The molecule has 2 aliphatic carbocycles. The summed E-state index contributed by atoms with van der Waals surface area (Å²) in [7, 11) is -2.97. The molecule has 0 aromatic rings. The van der Waals surface area contributed by atoms with Gasteiger partial charge in [0.1, 0.15) is 5.88 Å². The predicted molar refractivity (Wildman–Crippen MR) is 88.1 cm³/mol. The first-order chi connectivity index (χ1) is 10.5. The topological polar surface area (TPSA) is 66.8 Å². The van der Waals surface area contributed by atoms with Gasteiger partial charge >= 0.3 is 0 Å². The zero-order valence-corrected chi connectivity index (χ0v) is 14.5. The van der Waals surface area contributed by atoms with Gasteiger partial charge < -0.3 is 4.90 Å². The number of carbonyl (C=O) groups excluding carboxylic acids is 1. The van der Waals surface area contributed by atoms with E-state index in [1.54, 1.807) is 0 Å². The van der Waals surface area contributed by atoms with Crippen molar-refractivity contribution in [1.29, 1.82) is 0 Å². The fraction of sp³-hybridized carbons (Fsp3) is 0.857. The largest absolute Gasteiger partial charge is 0.343 e. The van der Waals surface area contributed by atoms with E-state index >= 15 is 0 Å². The van der Waals surface area contributed by atoms with Crippen LogP contribution in [0.25, 0.3) is 0 Å². The van der Waals surface area contributed by atoms with Crippen LogP contribution in [0.4, 0.5) is 0 Å². The van der Waals surface area contributed by atoms with Crippen LogP contribution in [-0.4, -0.2) is 59.1 Å². The number of alkyl halides is 1. The minimum absolute atomic E-state index is 0.0128. The van der Waals surface area contributed by atoms with Crippen molar-refractivity contribution in [3.8, 4) is 0 Å². The van der Waals surface area contributed by atoms with Gasteiger partial charge in [-0.1, -0.05) is 18.2 Å². The number of amidine groups is 1. The van der Waals surface area contributed by atoms with Gasteiger partial charge in [-0.2, -0.15) is 4.99 Å². The average molecular weight is 363 g/mol. The molecule has 22 heavy (non-hydrogen) atoms. The van der Waals surface area contributed by atoms with E-state index < -0.39 is 9.84 Å². The quantitative estimate of drug-likeness (QED) is 0.696. The third-order valence-electron chi connectivity index (χ3n) is 5.50. The van der Waals surface area contributed by atoms with E-state index in [4.69, 9.17) is 11.6 Å². The lowest BCUT2D eigenvalue weighted by molar-refractivity contribution is -0.115. The Morgan fingerprint density at radius 2 is 2.09 bits per heavy atom. The number of amides is 1. The lowest BCUT2D eigenvalue weighted by Crippen LogP contribution is -2.47. The zero-order valence-electron chi connectivity index (χ0n) is 12.2. The Balaban J connectivity index is 1.66. The van der Waals surface area contributed by atoms with Crippen LogP contribution >= 0.6 is 23.4 Å². The molecule has 0 N–H and O–H groups in total. The predicted octanol–water partition coefficient (Wildman–Crippen LogP) is 1.51. The van der Waals surface area contributed by atoms with E-state index in [-0.39, 0.29) is 34.6 Å². The summed E-state index contributed by atoms with van der Waals surface area (Å²) in [6.45, 7) is 0. The number of fused-ring (bicyclic) bond motifs is 3. The maximum atomic E-state index is 12.0. The number of hydrogen-bond donors (Lipinski definition) is 0. The molecule has 4 rings (SSSR count). The standard InChI is InChI=1S/C14H19ClN2O3S2/c15-5-13(18)16-14-17(10-4-8-1-2-9(10)3-8)11-6-22(19,20)7-12(11)21-14/h8-12H,1-7H2/t8-,9-,10-,11+,12-/m0/s1. The number of sulfone groups is 1. The monoisotopic (exact) mass is 362 g/mol. The number of carbonyl (C=O) groups is 1. The van der Waals surface area contributed by atoms with Gasteiger partial charge in [0, 0.05) is 11.3 Å². The molecule has 5 nitrogen and oxygen atoms in total. The highest BCUT2D eigenvalue weighted by molar-refractivity contribution is 8.15. The molecule has 0 unspecified atom stereocenters.